The summed E-state index contributed by atoms with van der Waals surface area (Å²) in [6.45, 7) is 0. The van der Waals surface area contributed by atoms with E-state index >= 15 is 0 Å². The molecule has 0 spiro atoms. The second-order valence-electron chi connectivity index (χ2n) is 3.99. The van der Waals surface area contributed by atoms with Gasteiger partial charge in [0, 0.05) is 0 Å². The molecule has 0 radical (unpaired) electrons. The van der Waals surface area contributed by atoms with Crippen LogP contribution < -0.4 is 4.74 Å². The van der Waals surface area contributed by atoms with Crippen LogP contribution in [0.25, 0.3) is 10.2 Å². The van der Waals surface area contributed by atoms with Crippen LogP contribution >= 0.6 is 11.5 Å². The molecule has 5 nitrogen and oxygen atoms in total. The molecule has 0 saturated carbocycles. The van der Waals surface area contributed by atoms with Crippen molar-refractivity contribution in [3.63, 3.8) is 0 Å². The summed E-state index contributed by atoms with van der Waals surface area (Å²) in [6, 6.07) is 12.4. The molecule has 0 bridgehead atoms. The van der Waals surface area contributed by atoms with Crippen LogP contribution in [0.15, 0.2) is 42.5 Å². The van der Waals surface area contributed by atoms with Crippen molar-refractivity contribution in [3.8, 4) is 11.5 Å². The van der Waals surface area contributed by atoms with Gasteiger partial charge in [-0.2, -0.15) is 0 Å². The van der Waals surface area contributed by atoms with E-state index in [0.29, 0.717) is 17.1 Å². The van der Waals surface area contributed by atoms with Crippen LogP contribution in [-0.4, -0.2) is 22.7 Å². The lowest BCUT2D eigenvalue weighted by Crippen LogP contribution is -2.00. The average molecular weight is 286 g/mol. The third-order valence-corrected chi connectivity index (χ3v) is 3.43. The highest BCUT2D eigenvalue weighted by Crippen LogP contribution is 2.29. The van der Waals surface area contributed by atoms with Gasteiger partial charge in [-0.3, -0.25) is 0 Å². The molecule has 0 N–H and O–H groups in total. The van der Waals surface area contributed by atoms with Gasteiger partial charge in [-0.15, -0.1) is 5.10 Å². The summed E-state index contributed by atoms with van der Waals surface area (Å²) < 4.78 is 15.3. The quantitative estimate of drug-likeness (QED) is 0.691. The maximum absolute atomic E-state index is 11.3. The van der Waals surface area contributed by atoms with Crippen LogP contribution in [0.5, 0.6) is 11.5 Å². The number of carbonyl (C=O) groups is 1. The fourth-order valence-corrected chi connectivity index (χ4v) is 2.34. The topological polar surface area (TPSA) is 61.3 Å². The Balaban J connectivity index is 1.88. The summed E-state index contributed by atoms with van der Waals surface area (Å²) in [6.07, 6.45) is 0. The SMILES string of the molecule is COC(=O)c1ccc(Oc2cccc3snnc23)cc1. The number of nitrogens with zero attached hydrogens (tertiary/aromatic N) is 2. The Morgan fingerprint density at radius 3 is 2.70 bits per heavy atom. The second kappa shape index (κ2) is 5.26. The number of hydrogen-bond donors (Lipinski definition) is 0. The van der Waals surface area contributed by atoms with Crippen molar-refractivity contribution in [2.45, 2.75) is 0 Å². The van der Waals surface area contributed by atoms with Gasteiger partial charge in [-0.05, 0) is 47.9 Å². The van der Waals surface area contributed by atoms with Gasteiger partial charge in [0.15, 0.2) is 5.75 Å². The molecule has 0 fully saturated rings. The zero-order valence-electron chi connectivity index (χ0n) is 10.6. The number of ether oxygens (including phenoxy) is 2. The number of aromatic nitrogens is 2. The van der Waals surface area contributed by atoms with Crippen LogP contribution in [-0.2, 0) is 4.74 Å². The van der Waals surface area contributed by atoms with Crippen LogP contribution in [0.2, 0.25) is 0 Å². The molecule has 1 heterocycles. The zero-order chi connectivity index (χ0) is 13.9. The van der Waals surface area contributed by atoms with E-state index in [4.69, 9.17) is 4.74 Å². The first-order valence-electron chi connectivity index (χ1n) is 5.85. The number of hydrogen-bond acceptors (Lipinski definition) is 6. The maximum atomic E-state index is 11.3. The Bertz CT molecular complexity index is 752. The largest absolute Gasteiger partial charge is 0.465 e. The molecule has 0 atom stereocenters. The van der Waals surface area contributed by atoms with Gasteiger partial charge in [-0.1, -0.05) is 10.6 Å². The minimum Gasteiger partial charge on any atom is -0.465 e. The van der Waals surface area contributed by atoms with Crippen molar-refractivity contribution in [2.75, 3.05) is 7.11 Å². The third kappa shape index (κ3) is 2.33. The summed E-state index contributed by atoms with van der Waals surface area (Å²) >= 11 is 1.32. The fourth-order valence-electron chi connectivity index (χ4n) is 1.77. The van der Waals surface area contributed by atoms with E-state index in [2.05, 4.69) is 14.3 Å². The molecule has 0 aliphatic carbocycles. The van der Waals surface area contributed by atoms with E-state index in [1.165, 1.54) is 18.6 Å². The standard InChI is InChI=1S/C14H10N2O3S/c1-18-14(17)9-5-7-10(8-6-9)19-11-3-2-4-12-13(11)15-16-20-12/h2-8H,1H3. The lowest BCUT2D eigenvalue weighted by atomic mass is 10.2. The minimum absolute atomic E-state index is 0.373. The Morgan fingerprint density at radius 1 is 1.15 bits per heavy atom. The Kier molecular flexibility index (Phi) is 3.30. The number of benzene rings is 2. The van der Waals surface area contributed by atoms with Crippen LogP contribution in [0, 0.1) is 0 Å². The molecule has 100 valence electrons. The first-order valence-corrected chi connectivity index (χ1v) is 6.62. The lowest BCUT2D eigenvalue weighted by Gasteiger charge is -2.06. The van der Waals surface area contributed by atoms with E-state index in [9.17, 15) is 4.79 Å². The summed E-state index contributed by atoms with van der Waals surface area (Å²) in [5, 5.41) is 4.04. The molecule has 0 saturated heterocycles. The van der Waals surface area contributed by atoms with Gasteiger partial charge in [0.25, 0.3) is 0 Å². The maximum Gasteiger partial charge on any atom is 0.337 e. The molecule has 6 heteroatoms. The molecule has 1 aromatic heterocycles. The molecule has 0 aliphatic rings. The van der Waals surface area contributed by atoms with Crippen molar-refractivity contribution in [1.29, 1.82) is 0 Å². The van der Waals surface area contributed by atoms with Gasteiger partial charge in [0.05, 0.1) is 17.4 Å². The van der Waals surface area contributed by atoms with E-state index in [-0.39, 0.29) is 5.97 Å². The summed E-state index contributed by atoms with van der Waals surface area (Å²) in [7, 11) is 1.35. The van der Waals surface area contributed by atoms with Crippen LogP contribution in [0.4, 0.5) is 0 Å². The first kappa shape index (κ1) is 12.6. The molecule has 3 aromatic rings. The third-order valence-electron chi connectivity index (χ3n) is 2.75. The Labute approximate surface area is 118 Å². The van der Waals surface area contributed by atoms with Crippen molar-refractivity contribution in [1.82, 2.24) is 9.59 Å². The molecule has 0 unspecified atom stereocenters. The molecule has 0 amide bonds. The van der Waals surface area contributed by atoms with Crippen molar-refractivity contribution in [2.24, 2.45) is 0 Å². The molecule has 3 rings (SSSR count). The van der Waals surface area contributed by atoms with E-state index in [1.807, 2.05) is 18.2 Å². The number of esters is 1. The monoisotopic (exact) mass is 286 g/mol. The van der Waals surface area contributed by atoms with Crippen molar-refractivity contribution >= 4 is 27.7 Å². The highest BCUT2D eigenvalue weighted by atomic mass is 32.1. The van der Waals surface area contributed by atoms with Crippen LogP contribution in [0.3, 0.4) is 0 Å². The molecule has 2 aromatic carbocycles. The van der Waals surface area contributed by atoms with E-state index < -0.39 is 0 Å². The van der Waals surface area contributed by atoms with Crippen molar-refractivity contribution < 1.29 is 14.3 Å². The predicted octanol–water partition coefficient (Wildman–Crippen LogP) is 3.27. The smallest absolute Gasteiger partial charge is 0.337 e. The van der Waals surface area contributed by atoms with E-state index in [1.54, 1.807) is 24.3 Å². The number of carbonyl (C=O) groups excluding carboxylic acids is 1. The molecular weight excluding hydrogens is 276 g/mol. The molecule has 20 heavy (non-hydrogen) atoms. The fraction of sp³-hybridized carbons (Fsp3) is 0.0714. The van der Waals surface area contributed by atoms with Gasteiger partial charge in [-0.25, -0.2) is 4.79 Å². The van der Waals surface area contributed by atoms with Gasteiger partial charge in [0.1, 0.15) is 11.3 Å². The van der Waals surface area contributed by atoms with Crippen molar-refractivity contribution in [3.05, 3.63) is 48.0 Å². The number of methoxy groups -OCH3 is 1. The van der Waals surface area contributed by atoms with Gasteiger partial charge >= 0.3 is 5.97 Å². The summed E-state index contributed by atoms with van der Waals surface area (Å²) in [5.74, 6) is 0.891. The summed E-state index contributed by atoms with van der Waals surface area (Å²) in [4.78, 5) is 11.3. The lowest BCUT2D eigenvalue weighted by molar-refractivity contribution is 0.0600. The molecule has 0 aliphatic heterocycles. The van der Waals surface area contributed by atoms with Gasteiger partial charge in [0.2, 0.25) is 0 Å². The highest BCUT2D eigenvalue weighted by Gasteiger charge is 2.08. The average Bonchev–Trinajstić information content (AvgIpc) is 2.97. The van der Waals surface area contributed by atoms with E-state index in [0.717, 1.165) is 10.2 Å². The minimum atomic E-state index is -0.373. The Hall–Kier alpha value is -2.47. The summed E-state index contributed by atoms with van der Waals surface area (Å²) in [5.41, 5.74) is 1.21. The van der Waals surface area contributed by atoms with Gasteiger partial charge < -0.3 is 9.47 Å². The number of rotatable bonds is 3. The number of fused-ring (bicyclic) bond motifs is 1. The highest BCUT2D eigenvalue weighted by molar-refractivity contribution is 7.13. The first-order chi connectivity index (χ1) is 9.78. The molecular formula is C14H10N2O3S. The normalized spacial score (nSPS) is 10.4. The van der Waals surface area contributed by atoms with Crippen LogP contribution in [0.1, 0.15) is 10.4 Å². The predicted molar refractivity (Wildman–Crippen MR) is 75.3 cm³/mol. The zero-order valence-corrected chi connectivity index (χ0v) is 11.4. The second-order valence-corrected chi connectivity index (χ2v) is 4.78. The Morgan fingerprint density at radius 2 is 1.95 bits per heavy atom.